The van der Waals surface area contributed by atoms with E-state index >= 15 is 0 Å². The minimum absolute atomic E-state index is 0.0552. The number of nitrogens with one attached hydrogen (secondary N) is 1. The Morgan fingerprint density at radius 3 is 2.66 bits per heavy atom. The molecule has 2 aliphatic heterocycles. The second-order valence-electron chi connectivity index (χ2n) is 12.0. The van der Waals surface area contributed by atoms with Gasteiger partial charge in [0.1, 0.15) is 0 Å². The third-order valence-electron chi connectivity index (χ3n) is 11.1. The first-order chi connectivity index (χ1) is 13.8. The molecule has 0 radical (unpaired) electrons. The average molecular weight is 405 g/mol. The zero-order valence-corrected chi connectivity index (χ0v) is 18.4. The highest BCUT2D eigenvalue weighted by Gasteiger charge is 2.67. The normalized spacial score (nSPS) is 58.7. The minimum atomic E-state index is -1.56. The van der Waals surface area contributed by atoms with E-state index in [1.165, 1.54) is 38.5 Å². The molecule has 6 unspecified atom stereocenters. The predicted octanol–water partition coefficient (Wildman–Crippen LogP) is 2.91. The number of nitrogens with zero attached hydrogens (tertiary/aromatic N) is 1. The van der Waals surface area contributed by atoms with Gasteiger partial charge in [0.15, 0.2) is 18.2 Å². The molecule has 0 amide bonds. The van der Waals surface area contributed by atoms with Crippen molar-refractivity contribution in [3.63, 3.8) is 0 Å². The summed E-state index contributed by atoms with van der Waals surface area (Å²) in [6.07, 6.45) is 10.2. The molecule has 6 rings (SSSR count). The molecule has 0 aromatic rings. The van der Waals surface area contributed by atoms with Gasteiger partial charge in [0.25, 0.3) is 0 Å². The molecule has 5 heteroatoms. The van der Waals surface area contributed by atoms with Crippen molar-refractivity contribution in [3.8, 4) is 0 Å². The zero-order chi connectivity index (χ0) is 20.2. The van der Waals surface area contributed by atoms with Crippen LogP contribution in [-0.2, 0) is 4.74 Å². The molecule has 5 nitrogen and oxygen atoms in total. The molecule has 4 saturated carbocycles. The predicted molar refractivity (Wildman–Crippen MR) is 111 cm³/mol. The summed E-state index contributed by atoms with van der Waals surface area (Å²) in [6.45, 7) is 9.11. The molecule has 29 heavy (non-hydrogen) atoms. The standard InChI is InChI=1S/C24H40N2O3/c1-14-16-7-6-15-17-5-4-9-22(17,2)10-8-18(15)23(16,3)19(13-24(14,27)28)26-12-11-25-20-21(26)29-20/h14-21,25,27-28H,4-13H2,1-3H3/t14?,15?,16?,17?,18?,19?,20-,21+,22+,23+/m1/s1. The van der Waals surface area contributed by atoms with Crippen molar-refractivity contribution < 1.29 is 14.9 Å². The maximum Gasteiger partial charge on any atom is 0.166 e. The topological polar surface area (TPSA) is 68.3 Å². The van der Waals surface area contributed by atoms with E-state index < -0.39 is 5.79 Å². The van der Waals surface area contributed by atoms with E-state index in [1.54, 1.807) is 0 Å². The van der Waals surface area contributed by atoms with E-state index in [0.29, 0.717) is 23.7 Å². The van der Waals surface area contributed by atoms with Crippen molar-refractivity contribution >= 4 is 0 Å². The molecular formula is C24H40N2O3. The number of epoxide rings is 1. The molecule has 3 N–H and O–H groups in total. The number of rotatable bonds is 1. The van der Waals surface area contributed by atoms with Crippen LogP contribution < -0.4 is 5.32 Å². The van der Waals surface area contributed by atoms with Crippen LogP contribution in [0.1, 0.15) is 72.1 Å². The van der Waals surface area contributed by atoms with Crippen molar-refractivity contribution in [2.24, 2.45) is 40.4 Å². The van der Waals surface area contributed by atoms with Gasteiger partial charge in [-0.15, -0.1) is 0 Å². The molecule has 6 aliphatic rings. The first-order valence-electron chi connectivity index (χ1n) is 12.3. The molecule has 6 fully saturated rings. The summed E-state index contributed by atoms with van der Waals surface area (Å²) in [5.41, 5.74) is 0.715. The van der Waals surface area contributed by atoms with Gasteiger partial charge in [0.05, 0.1) is 0 Å². The average Bonchev–Trinajstić information content (AvgIpc) is 3.37. The van der Waals surface area contributed by atoms with Gasteiger partial charge >= 0.3 is 0 Å². The Morgan fingerprint density at radius 1 is 1.00 bits per heavy atom. The Balaban J connectivity index is 1.40. The van der Waals surface area contributed by atoms with Gasteiger partial charge in [0.2, 0.25) is 0 Å². The summed E-state index contributed by atoms with van der Waals surface area (Å²) in [5, 5.41) is 25.6. The van der Waals surface area contributed by atoms with Crippen LogP contribution in [0.25, 0.3) is 0 Å². The Hall–Kier alpha value is -0.200. The fourth-order valence-corrected chi connectivity index (χ4v) is 9.49. The maximum atomic E-state index is 11.1. The number of ether oxygens (including phenoxy) is 1. The summed E-state index contributed by atoms with van der Waals surface area (Å²) < 4.78 is 5.94. The molecule has 0 spiro atoms. The largest absolute Gasteiger partial charge is 0.365 e. The lowest BCUT2D eigenvalue weighted by atomic mass is 9.42. The molecule has 4 aliphatic carbocycles. The molecule has 0 bridgehead atoms. The van der Waals surface area contributed by atoms with Gasteiger partial charge < -0.3 is 14.9 Å². The molecule has 2 heterocycles. The third-order valence-corrected chi connectivity index (χ3v) is 11.1. The van der Waals surface area contributed by atoms with Gasteiger partial charge in [-0.3, -0.25) is 10.2 Å². The first-order valence-corrected chi connectivity index (χ1v) is 12.3. The van der Waals surface area contributed by atoms with Crippen LogP contribution in [0.15, 0.2) is 0 Å². The fraction of sp³-hybridized carbons (Fsp3) is 1.00. The van der Waals surface area contributed by atoms with Crippen LogP contribution >= 0.6 is 0 Å². The number of hydrogen-bond donors (Lipinski definition) is 3. The lowest BCUT2D eigenvalue weighted by molar-refractivity contribution is -0.289. The van der Waals surface area contributed by atoms with Gasteiger partial charge in [-0.05, 0) is 73.0 Å². The molecule has 0 aromatic heterocycles. The second-order valence-corrected chi connectivity index (χ2v) is 12.0. The first kappa shape index (κ1) is 19.5. The van der Waals surface area contributed by atoms with Gasteiger partial charge in [-0.25, -0.2) is 0 Å². The quantitative estimate of drug-likeness (QED) is 0.463. The minimum Gasteiger partial charge on any atom is -0.365 e. The summed E-state index contributed by atoms with van der Waals surface area (Å²) in [4.78, 5) is 2.52. The number of fused-ring (bicyclic) bond motifs is 6. The van der Waals surface area contributed by atoms with Crippen LogP contribution in [-0.4, -0.2) is 52.5 Å². The highest BCUT2D eigenvalue weighted by Crippen LogP contribution is 2.68. The lowest BCUT2D eigenvalue weighted by Crippen LogP contribution is -2.69. The van der Waals surface area contributed by atoms with Crippen LogP contribution in [0.5, 0.6) is 0 Å². The van der Waals surface area contributed by atoms with Crippen LogP contribution in [0.2, 0.25) is 0 Å². The third kappa shape index (κ3) is 2.57. The molecular weight excluding hydrogens is 364 g/mol. The van der Waals surface area contributed by atoms with Crippen molar-refractivity contribution in [2.75, 3.05) is 13.1 Å². The summed E-state index contributed by atoms with van der Waals surface area (Å²) in [5.74, 6) is 1.20. The smallest absolute Gasteiger partial charge is 0.166 e. The monoisotopic (exact) mass is 404 g/mol. The van der Waals surface area contributed by atoms with Crippen LogP contribution in [0.4, 0.5) is 0 Å². The molecule has 10 atom stereocenters. The van der Waals surface area contributed by atoms with Gasteiger partial charge in [-0.2, -0.15) is 0 Å². The van der Waals surface area contributed by atoms with E-state index in [1.807, 2.05) is 0 Å². The fourth-order valence-electron chi connectivity index (χ4n) is 9.49. The summed E-state index contributed by atoms with van der Waals surface area (Å²) in [7, 11) is 0. The van der Waals surface area contributed by atoms with E-state index in [0.717, 1.165) is 31.3 Å². The Morgan fingerprint density at radius 2 is 1.83 bits per heavy atom. The van der Waals surface area contributed by atoms with Gasteiger partial charge in [0, 0.05) is 31.5 Å². The number of piperazine rings is 1. The van der Waals surface area contributed by atoms with Crippen molar-refractivity contribution in [1.82, 2.24) is 10.2 Å². The SMILES string of the molecule is CC1C2CCC3C4CCC[C@@]4(C)CCC3[C@@]2(C)C(N2CCN[C@@H]3O[C@@H]32)CC1(O)O. The van der Waals surface area contributed by atoms with Crippen molar-refractivity contribution in [1.29, 1.82) is 0 Å². The van der Waals surface area contributed by atoms with Crippen molar-refractivity contribution in [2.45, 2.75) is 96.4 Å². The van der Waals surface area contributed by atoms with E-state index in [9.17, 15) is 10.2 Å². The Labute approximate surface area is 175 Å². The van der Waals surface area contributed by atoms with Crippen LogP contribution in [0, 0.1) is 40.4 Å². The van der Waals surface area contributed by atoms with Crippen LogP contribution in [0.3, 0.4) is 0 Å². The van der Waals surface area contributed by atoms with Gasteiger partial charge in [-0.1, -0.05) is 27.2 Å². The molecule has 0 aromatic carbocycles. The Kier molecular flexibility index (Phi) is 4.16. The van der Waals surface area contributed by atoms with E-state index in [2.05, 4.69) is 31.0 Å². The molecule has 2 saturated heterocycles. The highest BCUT2D eigenvalue weighted by molar-refractivity contribution is 5.15. The maximum absolute atomic E-state index is 11.1. The Bertz CT molecular complexity index is 685. The number of aliphatic hydroxyl groups is 2. The number of hydrogen-bond acceptors (Lipinski definition) is 5. The molecule has 164 valence electrons. The summed E-state index contributed by atoms with van der Waals surface area (Å²) in [6, 6.07) is 0.203. The van der Waals surface area contributed by atoms with E-state index in [4.69, 9.17) is 4.74 Å². The highest BCUT2D eigenvalue weighted by atomic mass is 16.6. The summed E-state index contributed by atoms with van der Waals surface area (Å²) >= 11 is 0. The lowest BCUT2D eigenvalue weighted by Gasteiger charge is -2.66. The second kappa shape index (κ2) is 6.19. The van der Waals surface area contributed by atoms with Crippen molar-refractivity contribution in [3.05, 3.63) is 0 Å². The zero-order valence-electron chi connectivity index (χ0n) is 18.4. The van der Waals surface area contributed by atoms with E-state index in [-0.39, 0.29) is 29.8 Å².